The summed E-state index contributed by atoms with van der Waals surface area (Å²) in [5.74, 6) is -0.259. The molecule has 18 heavy (non-hydrogen) atoms. The molecule has 2 atom stereocenters. The lowest BCUT2D eigenvalue weighted by Crippen LogP contribution is -2.64. The second-order valence-electron chi connectivity index (χ2n) is 4.72. The highest BCUT2D eigenvalue weighted by Gasteiger charge is 2.41. The van der Waals surface area contributed by atoms with Gasteiger partial charge < -0.3 is 5.32 Å². The van der Waals surface area contributed by atoms with Crippen LogP contribution in [0.4, 0.5) is 5.69 Å². The lowest BCUT2D eigenvalue weighted by molar-refractivity contribution is -0.134. The third-order valence-corrected chi connectivity index (χ3v) is 2.97. The molecule has 1 saturated heterocycles. The van der Waals surface area contributed by atoms with E-state index in [1.54, 1.807) is 19.3 Å². The Labute approximate surface area is 105 Å². The predicted molar refractivity (Wildman–Crippen MR) is 65.7 cm³/mol. The maximum atomic E-state index is 12.2. The first kappa shape index (κ1) is 12.5. The zero-order valence-electron chi connectivity index (χ0n) is 10.6. The van der Waals surface area contributed by atoms with Crippen LogP contribution in [0.25, 0.3) is 0 Å². The van der Waals surface area contributed by atoms with E-state index in [2.05, 4.69) is 15.3 Å². The molecule has 6 nitrogen and oxygen atoms in total. The van der Waals surface area contributed by atoms with Gasteiger partial charge in [-0.15, -0.1) is 0 Å². The highest BCUT2D eigenvalue weighted by molar-refractivity contribution is 6.08. The van der Waals surface area contributed by atoms with E-state index in [-0.39, 0.29) is 17.7 Å². The van der Waals surface area contributed by atoms with Crippen molar-refractivity contribution in [1.82, 2.24) is 15.3 Å². The number of piperazine rings is 1. The largest absolute Gasteiger partial charge is 0.343 e. The topological polar surface area (TPSA) is 75.2 Å². The monoisotopic (exact) mass is 248 g/mol. The molecule has 2 unspecified atom stereocenters. The normalized spacial score (nSPS) is 24.3. The van der Waals surface area contributed by atoms with E-state index in [4.69, 9.17) is 0 Å². The van der Waals surface area contributed by atoms with Crippen LogP contribution in [0, 0.1) is 5.92 Å². The molecule has 1 fully saturated rings. The molecule has 1 aliphatic rings. The Balaban J connectivity index is 2.43. The molecule has 6 heteroatoms. The van der Waals surface area contributed by atoms with E-state index in [1.807, 2.05) is 13.8 Å². The van der Waals surface area contributed by atoms with E-state index in [0.717, 1.165) is 0 Å². The third kappa shape index (κ3) is 2.05. The van der Waals surface area contributed by atoms with Gasteiger partial charge in [0, 0.05) is 0 Å². The number of anilines is 1. The molecule has 96 valence electrons. The van der Waals surface area contributed by atoms with Crippen LogP contribution < -0.4 is 10.2 Å². The number of carbonyl (C=O) groups excluding carboxylic acids is 2. The van der Waals surface area contributed by atoms with Gasteiger partial charge in [0.1, 0.15) is 18.4 Å². The van der Waals surface area contributed by atoms with Crippen molar-refractivity contribution >= 4 is 17.5 Å². The van der Waals surface area contributed by atoms with E-state index < -0.39 is 12.1 Å². The van der Waals surface area contributed by atoms with Crippen molar-refractivity contribution in [3.63, 3.8) is 0 Å². The van der Waals surface area contributed by atoms with Crippen molar-refractivity contribution in [1.29, 1.82) is 0 Å². The fraction of sp³-hybridized carbons (Fsp3) is 0.500. The van der Waals surface area contributed by atoms with Crippen molar-refractivity contribution in [3.8, 4) is 0 Å². The lowest BCUT2D eigenvalue weighted by Gasteiger charge is -2.39. The smallest absolute Gasteiger partial charge is 0.250 e. The van der Waals surface area contributed by atoms with Crippen LogP contribution in [0.2, 0.25) is 0 Å². The molecule has 0 aliphatic carbocycles. The number of nitrogens with zero attached hydrogens (tertiary/aromatic N) is 3. The average Bonchev–Trinajstić information content (AvgIpc) is 2.34. The van der Waals surface area contributed by atoms with Gasteiger partial charge in [-0.3, -0.25) is 14.5 Å². The quantitative estimate of drug-likeness (QED) is 0.819. The van der Waals surface area contributed by atoms with Crippen molar-refractivity contribution < 1.29 is 9.59 Å². The van der Waals surface area contributed by atoms with Crippen molar-refractivity contribution in [3.05, 3.63) is 18.7 Å². The molecule has 1 aromatic heterocycles. The zero-order chi connectivity index (χ0) is 13.3. The van der Waals surface area contributed by atoms with E-state index in [9.17, 15) is 9.59 Å². The van der Waals surface area contributed by atoms with Crippen LogP contribution in [0.15, 0.2) is 18.7 Å². The molecule has 2 amide bonds. The maximum Gasteiger partial charge on any atom is 0.250 e. The summed E-state index contributed by atoms with van der Waals surface area (Å²) in [6, 6.07) is -1.03. The van der Waals surface area contributed by atoms with Crippen molar-refractivity contribution in [2.24, 2.45) is 5.92 Å². The third-order valence-electron chi connectivity index (χ3n) is 2.97. The van der Waals surface area contributed by atoms with Crippen molar-refractivity contribution in [2.75, 3.05) is 4.90 Å². The molecular formula is C12H16N4O2. The van der Waals surface area contributed by atoms with Gasteiger partial charge in [-0.05, 0) is 12.8 Å². The summed E-state index contributed by atoms with van der Waals surface area (Å²) in [7, 11) is 0. The summed E-state index contributed by atoms with van der Waals surface area (Å²) in [5.41, 5.74) is 0.558. The molecule has 1 aromatic rings. The highest BCUT2D eigenvalue weighted by atomic mass is 16.2. The van der Waals surface area contributed by atoms with Gasteiger partial charge in [-0.2, -0.15) is 0 Å². The van der Waals surface area contributed by atoms with Crippen LogP contribution in [-0.2, 0) is 9.59 Å². The predicted octanol–water partition coefficient (Wildman–Crippen LogP) is 0.352. The summed E-state index contributed by atoms with van der Waals surface area (Å²) >= 11 is 0. The first-order valence-electron chi connectivity index (χ1n) is 5.91. The minimum absolute atomic E-state index is 0.0154. The number of aromatic nitrogens is 2. The lowest BCUT2D eigenvalue weighted by atomic mass is 9.97. The van der Waals surface area contributed by atoms with Gasteiger partial charge in [0.05, 0.1) is 18.1 Å². The fourth-order valence-electron chi connectivity index (χ4n) is 2.13. The van der Waals surface area contributed by atoms with Crippen LogP contribution in [-0.4, -0.2) is 33.9 Å². The Kier molecular flexibility index (Phi) is 3.27. The van der Waals surface area contributed by atoms with E-state index in [0.29, 0.717) is 5.69 Å². The first-order chi connectivity index (χ1) is 8.52. The Bertz CT molecular complexity index is 460. The molecule has 2 heterocycles. The van der Waals surface area contributed by atoms with Gasteiger partial charge in [0.25, 0.3) is 0 Å². The number of hydrogen-bond donors (Lipinski definition) is 1. The Morgan fingerprint density at radius 3 is 2.44 bits per heavy atom. The van der Waals surface area contributed by atoms with Crippen LogP contribution in [0.3, 0.4) is 0 Å². The van der Waals surface area contributed by atoms with Crippen LogP contribution in [0.1, 0.15) is 20.8 Å². The average molecular weight is 248 g/mol. The van der Waals surface area contributed by atoms with E-state index >= 15 is 0 Å². The number of amides is 2. The molecule has 1 N–H and O–H groups in total. The molecule has 2 rings (SSSR count). The minimum atomic E-state index is -0.521. The molecule has 0 bridgehead atoms. The SMILES string of the molecule is CC1NC(=O)C(C(C)C)N(c2cncnc2)C1=O. The number of hydrogen-bond acceptors (Lipinski definition) is 4. The summed E-state index contributed by atoms with van der Waals surface area (Å²) in [6.45, 7) is 5.49. The molecule has 0 saturated carbocycles. The maximum absolute atomic E-state index is 12.2. The Morgan fingerprint density at radius 2 is 1.89 bits per heavy atom. The second kappa shape index (κ2) is 4.72. The fourth-order valence-corrected chi connectivity index (χ4v) is 2.13. The summed E-state index contributed by atoms with van der Waals surface area (Å²) < 4.78 is 0. The molecule has 0 spiro atoms. The summed E-state index contributed by atoms with van der Waals surface area (Å²) in [4.78, 5) is 33.6. The Morgan fingerprint density at radius 1 is 1.28 bits per heavy atom. The number of nitrogens with one attached hydrogen (secondary N) is 1. The molecule has 0 radical (unpaired) electrons. The first-order valence-corrected chi connectivity index (χ1v) is 5.91. The zero-order valence-corrected chi connectivity index (χ0v) is 10.6. The number of rotatable bonds is 2. The van der Waals surface area contributed by atoms with Crippen molar-refractivity contribution in [2.45, 2.75) is 32.9 Å². The molecular weight excluding hydrogens is 232 g/mol. The van der Waals surface area contributed by atoms with Gasteiger partial charge in [0.2, 0.25) is 11.8 Å². The minimum Gasteiger partial charge on any atom is -0.343 e. The number of carbonyl (C=O) groups is 2. The van der Waals surface area contributed by atoms with Gasteiger partial charge >= 0.3 is 0 Å². The summed E-state index contributed by atoms with van der Waals surface area (Å²) in [6.07, 6.45) is 4.49. The molecule has 1 aliphatic heterocycles. The highest BCUT2D eigenvalue weighted by Crippen LogP contribution is 2.23. The van der Waals surface area contributed by atoms with E-state index in [1.165, 1.54) is 11.2 Å². The van der Waals surface area contributed by atoms with Crippen LogP contribution >= 0.6 is 0 Å². The van der Waals surface area contributed by atoms with Gasteiger partial charge in [0.15, 0.2) is 0 Å². The van der Waals surface area contributed by atoms with Crippen LogP contribution in [0.5, 0.6) is 0 Å². The van der Waals surface area contributed by atoms with Gasteiger partial charge in [-0.1, -0.05) is 13.8 Å². The Hall–Kier alpha value is -1.98. The summed E-state index contributed by atoms with van der Waals surface area (Å²) in [5, 5.41) is 2.69. The molecule has 0 aromatic carbocycles. The van der Waals surface area contributed by atoms with Gasteiger partial charge in [-0.25, -0.2) is 9.97 Å². The second-order valence-corrected chi connectivity index (χ2v) is 4.72. The standard InChI is InChI=1S/C12H16N4O2/c1-7(2)10-11(17)15-8(3)12(18)16(10)9-4-13-6-14-5-9/h4-8,10H,1-3H3,(H,15,17).